The maximum absolute atomic E-state index is 12.6. The van der Waals surface area contributed by atoms with E-state index in [4.69, 9.17) is 26.7 Å². The highest BCUT2D eigenvalue weighted by atomic mass is 127. The summed E-state index contributed by atoms with van der Waals surface area (Å²) in [6.07, 6.45) is 0.749. The first-order valence-corrected chi connectivity index (χ1v) is 10.5. The number of carbonyl (C=O) groups is 1. The van der Waals surface area contributed by atoms with Crippen molar-refractivity contribution in [1.82, 2.24) is 14.7 Å². The second kappa shape index (κ2) is 8.29. The first-order chi connectivity index (χ1) is 13.2. The molecule has 1 amide bonds. The Balaban J connectivity index is 1.98. The molecule has 2 aromatic rings. The van der Waals surface area contributed by atoms with Crippen molar-refractivity contribution in [2.24, 2.45) is 0 Å². The largest absolute Gasteiger partial charge is 0.444 e. The Morgan fingerprint density at radius 1 is 1.43 bits per heavy atom. The smallest absolute Gasteiger partial charge is 0.410 e. The van der Waals surface area contributed by atoms with Gasteiger partial charge in [-0.05, 0) is 55.5 Å². The van der Waals surface area contributed by atoms with Crippen molar-refractivity contribution in [3.05, 3.63) is 38.0 Å². The maximum atomic E-state index is 12.6. The van der Waals surface area contributed by atoms with Crippen LogP contribution in [0.25, 0.3) is 11.3 Å². The Hall–Kier alpha value is -1.79. The molecule has 0 unspecified atom stereocenters. The van der Waals surface area contributed by atoms with Gasteiger partial charge in [0.1, 0.15) is 5.60 Å². The molecule has 1 aromatic heterocycles. The molecule has 0 fully saturated rings. The number of hydrogen-bond donors (Lipinski definition) is 0. The highest BCUT2D eigenvalue weighted by Crippen LogP contribution is 2.33. The van der Waals surface area contributed by atoms with Crippen molar-refractivity contribution in [3.8, 4) is 17.3 Å². The Morgan fingerprint density at radius 2 is 2.18 bits per heavy atom. The normalized spacial score (nSPS) is 13.8. The topological polar surface area (TPSA) is 71.2 Å². The highest BCUT2D eigenvalue weighted by Gasteiger charge is 2.30. The van der Waals surface area contributed by atoms with Crippen LogP contribution in [0.2, 0.25) is 5.02 Å². The molecular weight excluding hydrogens is 491 g/mol. The lowest BCUT2D eigenvalue weighted by Gasteiger charge is -2.30. The van der Waals surface area contributed by atoms with Gasteiger partial charge < -0.3 is 9.64 Å². The first-order valence-electron chi connectivity index (χ1n) is 9.08. The lowest BCUT2D eigenvalue weighted by atomic mass is 10.0. The first kappa shape index (κ1) is 20.9. The summed E-state index contributed by atoms with van der Waals surface area (Å²) >= 11 is 8.37. The zero-order valence-corrected chi connectivity index (χ0v) is 19.0. The monoisotopic (exact) mass is 512 g/mol. The molecule has 0 N–H and O–H groups in total. The van der Waals surface area contributed by atoms with Gasteiger partial charge in [-0.15, -0.1) is 0 Å². The van der Waals surface area contributed by atoms with E-state index in [1.54, 1.807) is 4.90 Å². The summed E-state index contributed by atoms with van der Waals surface area (Å²) in [5, 5.41) is 14.4. The van der Waals surface area contributed by atoms with Crippen LogP contribution in [0.3, 0.4) is 0 Å². The van der Waals surface area contributed by atoms with E-state index >= 15 is 0 Å². The van der Waals surface area contributed by atoms with Crippen molar-refractivity contribution in [2.45, 2.75) is 52.3 Å². The zero-order chi connectivity index (χ0) is 20.5. The number of nitriles is 1. The molecule has 28 heavy (non-hydrogen) atoms. The van der Waals surface area contributed by atoms with E-state index < -0.39 is 5.60 Å². The highest BCUT2D eigenvalue weighted by molar-refractivity contribution is 14.1. The Morgan fingerprint density at radius 3 is 2.82 bits per heavy atom. The summed E-state index contributed by atoms with van der Waals surface area (Å²) < 4.78 is 8.39. The van der Waals surface area contributed by atoms with E-state index in [-0.39, 0.29) is 6.09 Å². The molecule has 0 radical (unpaired) electrons. The van der Waals surface area contributed by atoms with Gasteiger partial charge >= 0.3 is 6.09 Å². The summed E-state index contributed by atoms with van der Waals surface area (Å²) in [6, 6.07) is 7.96. The zero-order valence-electron chi connectivity index (χ0n) is 16.1. The van der Waals surface area contributed by atoms with Crippen LogP contribution in [0.1, 0.15) is 38.4 Å². The summed E-state index contributed by atoms with van der Waals surface area (Å²) in [6.45, 7) is 7.13. The second-order valence-electron chi connectivity index (χ2n) is 7.69. The molecule has 0 saturated carbocycles. The number of hydrogen-bond acceptors (Lipinski definition) is 4. The van der Waals surface area contributed by atoms with Crippen molar-refractivity contribution in [1.29, 1.82) is 5.26 Å². The molecular formula is C20H22ClIN4O2. The number of amides is 1. The number of aryl methyl sites for hydroxylation is 1. The van der Waals surface area contributed by atoms with Crippen LogP contribution in [0.15, 0.2) is 18.2 Å². The molecule has 0 spiro atoms. The molecule has 6 nitrogen and oxygen atoms in total. The molecule has 3 rings (SSSR count). The fourth-order valence-corrected chi connectivity index (χ4v) is 3.82. The van der Waals surface area contributed by atoms with Crippen LogP contribution in [0, 0.1) is 14.9 Å². The molecule has 0 saturated heterocycles. The predicted octanol–water partition coefficient (Wildman–Crippen LogP) is 5.01. The van der Waals surface area contributed by atoms with Crippen LogP contribution in [0.4, 0.5) is 4.79 Å². The van der Waals surface area contributed by atoms with Crippen molar-refractivity contribution >= 4 is 40.3 Å². The van der Waals surface area contributed by atoms with E-state index in [1.807, 2.05) is 43.7 Å². The molecule has 0 bridgehead atoms. The Kier molecular flexibility index (Phi) is 6.20. The van der Waals surface area contributed by atoms with E-state index in [9.17, 15) is 4.79 Å². The van der Waals surface area contributed by atoms with E-state index in [0.29, 0.717) is 37.5 Å². The van der Waals surface area contributed by atoms with E-state index in [1.165, 1.54) is 0 Å². The van der Waals surface area contributed by atoms with Crippen LogP contribution >= 0.6 is 34.2 Å². The molecule has 2 heterocycles. The SMILES string of the molecule is CC(C)(C)OC(=O)N1CCc2c(c(-c3ccc(Cl)c(I)c3)nn2CCC#N)C1. The van der Waals surface area contributed by atoms with Gasteiger partial charge in [-0.1, -0.05) is 17.7 Å². The van der Waals surface area contributed by atoms with Gasteiger partial charge in [0.15, 0.2) is 0 Å². The number of aromatic nitrogens is 2. The average Bonchev–Trinajstić information content (AvgIpc) is 2.99. The maximum Gasteiger partial charge on any atom is 0.410 e. The fourth-order valence-electron chi connectivity index (χ4n) is 3.19. The number of ether oxygens (including phenoxy) is 1. The second-order valence-corrected chi connectivity index (χ2v) is 9.26. The van der Waals surface area contributed by atoms with Crippen molar-refractivity contribution in [3.63, 3.8) is 0 Å². The van der Waals surface area contributed by atoms with Crippen LogP contribution in [-0.2, 0) is 24.2 Å². The summed E-state index contributed by atoms with van der Waals surface area (Å²) in [7, 11) is 0. The lowest BCUT2D eigenvalue weighted by Crippen LogP contribution is -2.40. The number of nitrogens with zero attached hydrogens (tertiary/aromatic N) is 4. The third-order valence-corrected chi connectivity index (χ3v) is 5.96. The van der Waals surface area contributed by atoms with Crippen molar-refractivity contribution < 1.29 is 9.53 Å². The van der Waals surface area contributed by atoms with Gasteiger partial charge in [0, 0.05) is 33.4 Å². The molecule has 1 aliphatic heterocycles. The predicted molar refractivity (Wildman–Crippen MR) is 116 cm³/mol. The quantitative estimate of drug-likeness (QED) is 0.542. The number of carbonyl (C=O) groups excluding carboxylic acids is 1. The van der Waals surface area contributed by atoms with Gasteiger partial charge in [0.25, 0.3) is 0 Å². The summed E-state index contributed by atoms with van der Waals surface area (Å²) in [5.41, 5.74) is 3.33. The van der Waals surface area contributed by atoms with Crippen LogP contribution in [0.5, 0.6) is 0 Å². The Labute approximate surface area is 183 Å². The number of benzene rings is 1. The number of fused-ring (bicyclic) bond motifs is 1. The lowest BCUT2D eigenvalue weighted by molar-refractivity contribution is 0.0223. The molecule has 148 valence electrons. The molecule has 0 atom stereocenters. The minimum atomic E-state index is -0.538. The van der Waals surface area contributed by atoms with Crippen molar-refractivity contribution in [2.75, 3.05) is 6.54 Å². The molecule has 1 aliphatic rings. The van der Waals surface area contributed by atoms with Gasteiger partial charge in [-0.25, -0.2) is 4.79 Å². The number of rotatable bonds is 3. The number of halogens is 2. The Bertz CT molecular complexity index is 943. The molecule has 1 aromatic carbocycles. The van der Waals surface area contributed by atoms with Gasteiger partial charge in [0.05, 0.1) is 36.3 Å². The minimum Gasteiger partial charge on any atom is -0.444 e. The standard InChI is InChI=1S/C20H22ClIN4O2/c1-20(2,3)28-19(27)25-10-7-17-14(12-25)18(24-26(17)9-4-8-23)13-5-6-15(21)16(22)11-13/h5-6,11H,4,7,9-10,12H2,1-3H3. The summed E-state index contributed by atoms with van der Waals surface area (Å²) in [4.78, 5) is 14.3. The van der Waals surface area contributed by atoms with E-state index in [0.717, 1.165) is 26.1 Å². The van der Waals surface area contributed by atoms with Crippen LogP contribution in [-0.4, -0.2) is 32.9 Å². The van der Waals surface area contributed by atoms with Gasteiger partial charge in [-0.2, -0.15) is 10.4 Å². The molecule has 0 aliphatic carbocycles. The summed E-state index contributed by atoms with van der Waals surface area (Å²) in [5.74, 6) is 0. The third-order valence-electron chi connectivity index (χ3n) is 4.41. The fraction of sp³-hybridized carbons (Fsp3) is 0.450. The van der Waals surface area contributed by atoms with Crippen LogP contribution < -0.4 is 0 Å². The third kappa shape index (κ3) is 4.61. The minimum absolute atomic E-state index is 0.320. The average molecular weight is 513 g/mol. The van der Waals surface area contributed by atoms with Gasteiger partial charge in [-0.3, -0.25) is 4.68 Å². The van der Waals surface area contributed by atoms with Gasteiger partial charge in [0.2, 0.25) is 0 Å². The molecule has 8 heteroatoms. The van der Waals surface area contributed by atoms with E-state index in [2.05, 4.69) is 28.7 Å².